The van der Waals surface area contributed by atoms with Crippen molar-refractivity contribution >= 4 is 0 Å². The third-order valence-electron chi connectivity index (χ3n) is 5.99. The largest absolute Gasteiger partial charge is 0.498 e. The molecule has 0 aromatic rings. The highest BCUT2D eigenvalue weighted by Gasteiger charge is 2.24. The van der Waals surface area contributed by atoms with E-state index in [1.54, 1.807) is 6.92 Å². The second-order valence-electron chi connectivity index (χ2n) is 8.28. The predicted octanol–water partition coefficient (Wildman–Crippen LogP) is 7.46. The Morgan fingerprint density at radius 2 is 1.90 bits per heavy atom. The summed E-state index contributed by atoms with van der Waals surface area (Å²) < 4.78 is 45.2. The smallest absolute Gasteiger partial charge is 0.196 e. The van der Waals surface area contributed by atoms with E-state index in [-0.39, 0.29) is 5.76 Å². The molecule has 0 aromatic carbocycles. The molecule has 2 atom stereocenters. The number of hydrogen-bond donors (Lipinski definition) is 0. The monoisotopic (exact) mass is 424 g/mol. The number of rotatable bonds is 11. The lowest BCUT2D eigenvalue weighted by molar-refractivity contribution is -0.0384. The van der Waals surface area contributed by atoms with Gasteiger partial charge in [0.25, 0.3) is 0 Å². The average molecular weight is 425 g/mol. The fourth-order valence-corrected chi connectivity index (χ4v) is 3.93. The molecule has 0 saturated carbocycles. The lowest BCUT2D eigenvalue weighted by Gasteiger charge is -2.29. The summed E-state index contributed by atoms with van der Waals surface area (Å²) in [7, 11) is 1.37. The summed E-state index contributed by atoms with van der Waals surface area (Å²) in [6, 6.07) is 0. The van der Waals surface area contributed by atoms with E-state index in [1.165, 1.54) is 32.8 Å². The molecule has 2 rings (SSSR count). The minimum atomic E-state index is -0.882. The molecule has 1 aliphatic heterocycles. The normalized spacial score (nSPS) is 23.8. The van der Waals surface area contributed by atoms with Gasteiger partial charge in [-0.3, -0.25) is 0 Å². The van der Waals surface area contributed by atoms with E-state index >= 15 is 0 Å². The zero-order valence-corrected chi connectivity index (χ0v) is 19.1. The quantitative estimate of drug-likeness (QED) is 0.196. The van der Waals surface area contributed by atoms with Crippen LogP contribution < -0.4 is 0 Å². The van der Waals surface area contributed by atoms with Gasteiger partial charge >= 0.3 is 0 Å². The van der Waals surface area contributed by atoms with E-state index in [2.05, 4.69) is 6.92 Å². The standard InChI is InChI=1S/C25H38F2O3/c1-5-7-8-9-21-13-11-19(17-30-21)16-29-20(6-2)12-10-18(3)22-14-15-23(28-4)25(27)24(22)26/h10,12,19,21H,5-9,11,13-17H2,1-4H3/b18-10+,20-12+. The topological polar surface area (TPSA) is 27.7 Å². The Balaban J connectivity index is 1.86. The van der Waals surface area contributed by atoms with E-state index in [9.17, 15) is 8.78 Å². The Labute approximate surface area is 180 Å². The van der Waals surface area contributed by atoms with Crippen LogP contribution in [0.4, 0.5) is 8.78 Å². The van der Waals surface area contributed by atoms with Crippen LogP contribution in [-0.4, -0.2) is 26.4 Å². The Morgan fingerprint density at radius 1 is 1.10 bits per heavy atom. The van der Waals surface area contributed by atoms with Crippen molar-refractivity contribution in [1.29, 1.82) is 0 Å². The second-order valence-corrected chi connectivity index (χ2v) is 8.28. The van der Waals surface area contributed by atoms with Crippen molar-refractivity contribution in [3.63, 3.8) is 0 Å². The molecule has 30 heavy (non-hydrogen) atoms. The molecule has 0 spiro atoms. The SMILES string of the molecule is CCCCCC1CCC(CO/C(=C/C=C(\C)C2=C(F)C(F)=C(OC)CC2)CC)CO1. The van der Waals surface area contributed by atoms with Crippen molar-refractivity contribution in [1.82, 2.24) is 0 Å². The van der Waals surface area contributed by atoms with Crippen LogP contribution in [0.2, 0.25) is 0 Å². The van der Waals surface area contributed by atoms with Gasteiger partial charge in [-0.15, -0.1) is 0 Å². The van der Waals surface area contributed by atoms with Crippen molar-refractivity contribution in [3.05, 3.63) is 46.5 Å². The molecule has 1 saturated heterocycles. The summed E-state index contributed by atoms with van der Waals surface area (Å²) >= 11 is 0. The minimum Gasteiger partial charge on any atom is -0.498 e. The van der Waals surface area contributed by atoms with Gasteiger partial charge in [-0.1, -0.05) is 39.2 Å². The van der Waals surface area contributed by atoms with Gasteiger partial charge in [-0.2, -0.15) is 0 Å². The van der Waals surface area contributed by atoms with Gasteiger partial charge in [0, 0.05) is 18.8 Å². The van der Waals surface area contributed by atoms with Crippen LogP contribution >= 0.6 is 0 Å². The molecule has 0 amide bonds. The molecule has 170 valence electrons. The first kappa shape index (κ1) is 24.6. The number of ether oxygens (including phenoxy) is 3. The molecule has 3 nitrogen and oxygen atoms in total. The van der Waals surface area contributed by atoms with E-state index in [4.69, 9.17) is 14.2 Å². The van der Waals surface area contributed by atoms with Crippen LogP contribution in [0.1, 0.15) is 78.6 Å². The Bertz CT molecular complexity index is 668. The fourth-order valence-electron chi connectivity index (χ4n) is 3.93. The highest BCUT2D eigenvalue weighted by Crippen LogP contribution is 2.35. The van der Waals surface area contributed by atoms with Crippen molar-refractivity contribution in [2.45, 2.75) is 84.7 Å². The number of halogens is 2. The van der Waals surface area contributed by atoms with Crippen molar-refractivity contribution in [2.24, 2.45) is 5.92 Å². The first-order valence-electron chi connectivity index (χ1n) is 11.4. The minimum absolute atomic E-state index is 0.0828. The molecular weight excluding hydrogens is 386 g/mol. The molecule has 5 heteroatoms. The maximum atomic E-state index is 14.3. The molecule has 0 bridgehead atoms. The molecule has 2 unspecified atom stereocenters. The summed E-state index contributed by atoms with van der Waals surface area (Å²) in [6.07, 6.45) is 12.8. The van der Waals surface area contributed by atoms with Gasteiger partial charge in [0.15, 0.2) is 11.7 Å². The van der Waals surface area contributed by atoms with E-state index in [0.29, 0.717) is 42.6 Å². The predicted molar refractivity (Wildman–Crippen MR) is 117 cm³/mol. The van der Waals surface area contributed by atoms with Gasteiger partial charge < -0.3 is 14.2 Å². The van der Waals surface area contributed by atoms with Crippen molar-refractivity contribution < 1.29 is 23.0 Å². The highest BCUT2D eigenvalue weighted by atomic mass is 19.2. The Morgan fingerprint density at radius 3 is 2.53 bits per heavy atom. The van der Waals surface area contributed by atoms with Crippen LogP contribution in [0.25, 0.3) is 0 Å². The van der Waals surface area contributed by atoms with Crippen molar-refractivity contribution in [2.75, 3.05) is 20.3 Å². The summed E-state index contributed by atoms with van der Waals surface area (Å²) in [6.45, 7) is 7.45. The summed E-state index contributed by atoms with van der Waals surface area (Å²) in [5.41, 5.74) is 1.11. The number of unbranched alkanes of at least 4 members (excludes halogenated alkanes) is 2. The Hall–Kier alpha value is -1.62. The van der Waals surface area contributed by atoms with E-state index < -0.39 is 11.7 Å². The number of methoxy groups -OCH3 is 1. The van der Waals surface area contributed by atoms with Crippen LogP contribution in [-0.2, 0) is 14.2 Å². The molecule has 0 radical (unpaired) electrons. The van der Waals surface area contributed by atoms with Gasteiger partial charge in [-0.05, 0) is 49.8 Å². The summed E-state index contributed by atoms with van der Waals surface area (Å²) in [5.74, 6) is -0.346. The second kappa shape index (κ2) is 12.9. The van der Waals surface area contributed by atoms with Crippen LogP contribution in [0.5, 0.6) is 0 Å². The zero-order chi connectivity index (χ0) is 21.9. The maximum Gasteiger partial charge on any atom is 0.196 e. The number of allylic oxidation sites excluding steroid dienone is 8. The van der Waals surface area contributed by atoms with Gasteiger partial charge in [0.05, 0.1) is 32.2 Å². The summed E-state index contributed by atoms with van der Waals surface area (Å²) in [4.78, 5) is 0. The van der Waals surface area contributed by atoms with Crippen LogP contribution in [0.3, 0.4) is 0 Å². The van der Waals surface area contributed by atoms with Gasteiger partial charge in [0.2, 0.25) is 0 Å². The molecule has 2 aliphatic rings. The van der Waals surface area contributed by atoms with E-state index in [1.807, 2.05) is 19.1 Å². The molecule has 0 aromatic heterocycles. The lowest BCUT2D eigenvalue weighted by atomic mass is 9.95. The van der Waals surface area contributed by atoms with E-state index in [0.717, 1.165) is 31.6 Å². The molecule has 1 heterocycles. The average Bonchev–Trinajstić information content (AvgIpc) is 2.76. The Kier molecular flexibility index (Phi) is 10.6. The van der Waals surface area contributed by atoms with Crippen LogP contribution in [0, 0.1) is 5.92 Å². The maximum absolute atomic E-state index is 14.3. The summed E-state index contributed by atoms with van der Waals surface area (Å²) in [5, 5.41) is 0. The van der Waals surface area contributed by atoms with Gasteiger partial charge in [0.1, 0.15) is 5.76 Å². The third kappa shape index (κ3) is 7.26. The third-order valence-corrected chi connectivity index (χ3v) is 5.99. The molecular formula is C25H38F2O3. The highest BCUT2D eigenvalue weighted by molar-refractivity contribution is 5.43. The lowest BCUT2D eigenvalue weighted by Crippen LogP contribution is -2.28. The van der Waals surface area contributed by atoms with Crippen LogP contribution in [0.15, 0.2) is 46.5 Å². The number of hydrogen-bond acceptors (Lipinski definition) is 3. The zero-order valence-electron chi connectivity index (χ0n) is 19.1. The molecule has 0 N–H and O–H groups in total. The molecule has 1 fully saturated rings. The first-order valence-corrected chi connectivity index (χ1v) is 11.4. The van der Waals surface area contributed by atoms with Crippen molar-refractivity contribution in [3.8, 4) is 0 Å². The van der Waals surface area contributed by atoms with Gasteiger partial charge in [-0.25, -0.2) is 8.78 Å². The fraction of sp³-hybridized carbons (Fsp3) is 0.680. The first-order chi connectivity index (χ1) is 14.5. The molecule has 1 aliphatic carbocycles.